The molecule has 0 bridgehead atoms. The maximum atomic E-state index is 12.4. The van der Waals surface area contributed by atoms with E-state index in [1.165, 1.54) is 0 Å². The van der Waals surface area contributed by atoms with Gasteiger partial charge in [-0.15, -0.1) is 11.8 Å². The number of carbonyl (C=O) groups excluding carboxylic acids is 1. The molecule has 4 nitrogen and oxygen atoms in total. The molecule has 1 heterocycles. The third-order valence-corrected chi connectivity index (χ3v) is 4.81. The van der Waals surface area contributed by atoms with E-state index >= 15 is 0 Å². The van der Waals surface area contributed by atoms with Crippen LogP contribution in [-0.4, -0.2) is 52.1 Å². The van der Waals surface area contributed by atoms with Gasteiger partial charge in [-0.1, -0.05) is 6.92 Å². The highest BCUT2D eigenvalue weighted by Gasteiger charge is 2.40. The fourth-order valence-electron chi connectivity index (χ4n) is 2.48. The second-order valence-electron chi connectivity index (χ2n) is 5.20. The van der Waals surface area contributed by atoms with Crippen LogP contribution in [0.5, 0.6) is 0 Å². The van der Waals surface area contributed by atoms with Crippen molar-refractivity contribution in [3.05, 3.63) is 29.8 Å². The van der Waals surface area contributed by atoms with Crippen LogP contribution in [0.2, 0.25) is 0 Å². The van der Waals surface area contributed by atoms with Gasteiger partial charge in [-0.3, -0.25) is 4.79 Å². The maximum Gasteiger partial charge on any atom is 0.253 e. The largest absolute Gasteiger partial charge is 0.388 e. The third kappa shape index (κ3) is 3.00. The molecule has 0 unspecified atom stereocenters. The van der Waals surface area contributed by atoms with Crippen LogP contribution in [0.3, 0.4) is 0 Å². The average Bonchev–Trinajstić information content (AvgIpc) is 2.49. The summed E-state index contributed by atoms with van der Waals surface area (Å²) in [6, 6.07) is 7.45. The molecule has 1 fully saturated rings. The molecule has 5 heteroatoms. The highest BCUT2D eigenvalue weighted by atomic mass is 32.2. The van der Waals surface area contributed by atoms with Gasteiger partial charge in [0.25, 0.3) is 5.91 Å². The van der Waals surface area contributed by atoms with Crippen molar-refractivity contribution in [2.24, 2.45) is 0 Å². The predicted octanol–water partition coefficient (Wildman–Crippen LogP) is 1.76. The molecule has 1 aliphatic heterocycles. The van der Waals surface area contributed by atoms with Gasteiger partial charge in [0, 0.05) is 23.5 Å². The van der Waals surface area contributed by atoms with E-state index < -0.39 is 11.7 Å². The normalized spacial score (nSPS) is 26.6. The van der Waals surface area contributed by atoms with Crippen LogP contribution in [-0.2, 0) is 0 Å². The lowest BCUT2D eigenvalue weighted by Crippen LogP contribution is -2.56. The molecule has 0 radical (unpaired) electrons. The van der Waals surface area contributed by atoms with E-state index in [-0.39, 0.29) is 12.5 Å². The summed E-state index contributed by atoms with van der Waals surface area (Å²) < 4.78 is 0. The number of carbonyl (C=O) groups is 1. The van der Waals surface area contributed by atoms with Crippen LogP contribution in [0, 0.1) is 0 Å². The van der Waals surface area contributed by atoms with Gasteiger partial charge in [0.1, 0.15) is 6.10 Å². The van der Waals surface area contributed by atoms with Crippen molar-refractivity contribution in [3.63, 3.8) is 0 Å². The molecule has 20 heavy (non-hydrogen) atoms. The fourth-order valence-corrected chi connectivity index (χ4v) is 2.89. The summed E-state index contributed by atoms with van der Waals surface area (Å²) >= 11 is 1.63. The number of thioether (sulfide) groups is 1. The molecule has 2 atom stereocenters. The van der Waals surface area contributed by atoms with Crippen LogP contribution in [0.1, 0.15) is 30.1 Å². The number of hydrogen-bond donors (Lipinski definition) is 2. The fraction of sp³-hybridized carbons (Fsp3) is 0.533. The van der Waals surface area contributed by atoms with E-state index in [1.54, 1.807) is 28.8 Å². The molecule has 1 aromatic rings. The molecule has 0 saturated carbocycles. The van der Waals surface area contributed by atoms with E-state index in [9.17, 15) is 15.0 Å². The Morgan fingerprint density at radius 1 is 1.45 bits per heavy atom. The first kappa shape index (κ1) is 15.4. The number of aliphatic hydroxyl groups is 2. The topological polar surface area (TPSA) is 60.8 Å². The smallest absolute Gasteiger partial charge is 0.253 e. The summed E-state index contributed by atoms with van der Waals surface area (Å²) in [4.78, 5) is 15.1. The number of hydrogen-bond acceptors (Lipinski definition) is 4. The lowest BCUT2D eigenvalue weighted by molar-refractivity contribution is -0.114. The van der Waals surface area contributed by atoms with E-state index in [0.29, 0.717) is 24.9 Å². The van der Waals surface area contributed by atoms with Gasteiger partial charge in [0.05, 0.1) is 5.60 Å². The summed E-state index contributed by atoms with van der Waals surface area (Å²) in [5, 5.41) is 20.2. The minimum absolute atomic E-state index is 0.0881. The Labute approximate surface area is 123 Å². The number of piperidine rings is 1. The Kier molecular flexibility index (Phi) is 4.73. The summed E-state index contributed by atoms with van der Waals surface area (Å²) in [6.07, 6.45) is 2.03. The van der Waals surface area contributed by atoms with Gasteiger partial charge < -0.3 is 15.1 Å². The minimum atomic E-state index is -1.06. The van der Waals surface area contributed by atoms with Gasteiger partial charge in [0.15, 0.2) is 0 Å². The van der Waals surface area contributed by atoms with Crippen molar-refractivity contribution in [1.29, 1.82) is 0 Å². The highest BCUT2D eigenvalue weighted by molar-refractivity contribution is 7.98. The van der Waals surface area contributed by atoms with E-state index in [1.807, 2.05) is 25.3 Å². The van der Waals surface area contributed by atoms with Crippen LogP contribution < -0.4 is 0 Å². The summed E-state index contributed by atoms with van der Waals surface area (Å²) in [6.45, 7) is 2.51. The maximum absolute atomic E-state index is 12.4. The number of benzene rings is 1. The minimum Gasteiger partial charge on any atom is -0.388 e. The van der Waals surface area contributed by atoms with Crippen LogP contribution in [0.25, 0.3) is 0 Å². The molecule has 0 aliphatic carbocycles. The predicted molar refractivity (Wildman–Crippen MR) is 80.0 cm³/mol. The number of likely N-dealkylation sites (tertiary alicyclic amines) is 1. The molecule has 0 aromatic heterocycles. The number of rotatable bonds is 3. The summed E-state index contributed by atoms with van der Waals surface area (Å²) in [7, 11) is 0. The van der Waals surface area contributed by atoms with Gasteiger partial charge in [-0.05, 0) is 43.4 Å². The van der Waals surface area contributed by atoms with E-state index in [0.717, 1.165) is 4.90 Å². The van der Waals surface area contributed by atoms with Gasteiger partial charge in [0.2, 0.25) is 0 Å². The highest BCUT2D eigenvalue weighted by Crippen LogP contribution is 2.27. The second kappa shape index (κ2) is 6.16. The van der Waals surface area contributed by atoms with E-state index in [4.69, 9.17) is 0 Å². The first-order valence-corrected chi connectivity index (χ1v) is 8.06. The Morgan fingerprint density at radius 3 is 2.60 bits per heavy atom. The lowest BCUT2D eigenvalue weighted by Gasteiger charge is -2.41. The van der Waals surface area contributed by atoms with Crippen LogP contribution in [0.15, 0.2) is 29.2 Å². The summed E-state index contributed by atoms with van der Waals surface area (Å²) in [5.41, 5.74) is -0.434. The molecular weight excluding hydrogens is 274 g/mol. The number of amides is 1. The monoisotopic (exact) mass is 295 g/mol. The first-order valence-electron chi connectivity index (χ1n) is 6.84. The quantitative estimate of drug-likeness (QED) is 0.834. The van der Waals surface area contributed by atoms with Crippen molar-refractivity contribution in [2.45, 2.75) is 36.4 Å². The van der Waals surface area contributed by atoms with Crippen molar-refractivity contribution >= 4 is 17.7 Å². The zero-order chi connectivity index (χ0) is 14.8. The molecule has 0 spiro atoms. The molecule has 1 saturated heterocycles. The molecule has 2 N–H and O–H groups in total. The summed E-state index contributed by atoms with van der Waals surface area (Å²) in [5.74, 6) is -0.0881. The Balaban J connectivity index is 2.07. The van der Waals surface area contributed by atoms with Crippen molar-refractivity contribution in [3.8, 4) is 0 Å². The van der Waals surface area contributed by atoms with Crippen molar-refractivity contribution < 1.29 is 15.0 Å². The number of nitrogens with zero attached hydrogens (tertiary/aromatic N) is 1. The van der Waals surface area contributed by atoms with Crippen LogP contribution >= 0.6 is 11.8 Å². The molecule has 1 aliphatic rings. The Hall–Kier alpha value is -1.04. The zero-order valence-electron chi connectivity index (χ0n) is 11.9. The second-order valence-corrected chi connectivity index (χ2v) is 6.08. The van der Waals surface area contributed by atoms with E-state index in [2.05, 4.69) is 0 Å². The van der Waals surface area contributed by atoms with Crippen molar-refractivity contribution in [2.75, 3.05) is 19.3 Å². The molecule has 2 rings (SSSR count). The Bertz CT molecular complexity index is 477. The molecule has 1 aromatic carbocycles. The zero-order valence-corrected chi connectivity index (χ0v) is 12.7. The Morgan fingerprint density at radius 2 is 2.10 bits per heavy atom. The molecule has 1 amide bonds. The third-order valence-electron chi connectivity index (χ3n) is 4.06. The molecule has 110 valence electrons. The van der Waals surface area contributed by atoms with Crippen LogP contribution in [0.4, 0.5) is 0 Å². The van der Waals surface area contributed by atoms with Gasteiger partial charge in [-0.25, -0.2) is 0 Å². The standard InChI is InChI=1S/C15H21NO3S/c1-3-15(19)8-9-16(10-13(15)17)14(18)11-4-6-12(20-2)7-5-11/h4-7,13,17,19H,3,8-10H2,1-2H3/t13-,15-/m1/s1. The van der Waals surface area contributed by atoms with Gasteiger partial charge >= 0.3 is 0 Å². The number of β-amino-alcohol motifs (C(OH)–C–C–N with tert-alkyl or cyclic N) is 1. The molecular formula is C15H21NO3S. The average molecular weight is 295 g/mol. The van der Waals surface area contributed by atoms with Crippen molar-refractivity contribution in [1.82, 2.24) is 4.90 Å². The lowest BCUT2D eigenvalue weighted by atomic mass is 9.86. The number of aliphatic hydroxyl groups excluding tert-OH is 1. The SMILES string of the molecule is CC[C@@]1(O)CCN(C(=O)c2ccc(SC)cc2)C[C@H]1O. The van der Waals surface area contributed by atoms with Gasteiger partial charge in [-0.2, -0.15) is 0 Å². The first-order chi connectivity index (χ1) is 9.50.